The van der Waals surface area contributed by atoms with E-state index in [0.29, 0.717) is 42.8 Å². The van der Waals surface area contributed by atoms with Crippen molar-refractivity contribution >= 4 is 15.9 Å². The molecule has 0 saturated carbocycles. The minimum Gasteiger partial charge on any atom is -0.497 e. The molecule has 2 aromatic carbocycles. The molecule has 0 spiro atoms. The van der Waals surface area contributed by atoms with Gasteiger partial charge in [0.15, 0.2) is 0 Å². The lowest BCUT2D eigenvalue weighted by Gasteiger charge is -2.31. The fourth-order valence-electron chi connectivity index (χ4n) is 3.14. The molecule has 1 N–H and O–H groups in total. The number of nitrogens with one attached hydrogen (secondary N) is 1. The summed E-state index contributed by atoms with van der Waals surface area (Å²) in [5.41, 5.74) is 0.848. The lowest BCUT2D eigenvalue weighted by molar-refractivity contribution is 0.0924. The van der Waals surface area contributed by atoms with Gasteiger partial charge in [0, 0.05) is 24.7 Å². The number of hydrogen-bond donors (Lipinski definition) is 1. The summed E-state index contributed by atoms with van der Waals surface area (Å²) in [5.74, 6) is 0.342. The largest absolute Gasteiger partial charge is 0.497 e. The maximum atomic E-state index is 12.8. The Bertz CT molecular complexity index is 989. The molecule has 146 valence electrons. The third-order valence-electron chi connectivity index (χ3n) is 4.74. The number of benzene rings is 2. The number of carbonyl (C=O) groups excluding carboxylic acids is 1. The van der Waals surface area contributed by atoms with Crippen LogP contribution in [0.3, 0.4) is 0 Å². The first-order valence-electron chi connectivity index (χ1n) is 8.89. The van der Waals surface area contributed by atoms with Crippen molar-refractivity contribution in [2.45, 2.75) is 23.8 Å². The van der Waals surface area contributed by atoms with Gasteiger partial charge in [-0.2, -0.15) is 9.57 Å². The molecule has 8 heteroatoms. The van der Waals surface area contributed by atoms with E-state index in [0.717, 1.165) is 0 Å². The summed E-state index contributed by atoms with van der Waals surface area (Å²) < 4.78 is 32.1. The molecule has 2 aromatic rings. The van der Waals surface area contributed by atoms with Crippen LogP contribution in [0.15, 0.2) is 53.4 Å². The van der Waals surface area contributed by atoms with E-state index in [1.54, 1.807) is 36.4 Å². The van der Waals surface area contributed by atoms with Gasteiger partial charge in [0.05, 0.1) is 23.6 Å². The van der Waals surface area contributed by atoms with Gasteiger partial charge < -0.3 is 10.1 Å². The third-order valence-corrected chi connectivity index (χ3v) is 6.65. The quantitative estimate of drug-likeness (QED) is 0.830. The highest BCUT2D eigenvalue weighted by Crippen LogP contribution is 2.23. The summed E-state index contributed by atoms with van der Waals surface area (Å²) in [6, 6.07) is 14.7. The normalized spacial score (nSPS) is 15.6. The molecule has 1 amide bonds. The van der Waals surface area contributed by atoms with Gasteiger partial charge in [-0.25, -0.2) is 8.42 Å². The molecule has 7 nitrogen and oxygen atoms in total. The van der Waals surface area contributed by atoms with E-state index >= 15 is 0 Å². The van der Waals surface area contributed by atoms with E-state index in [-0.39, 0.29) is 16.8 Å². The molecule has 28 heavy (non-hydrogen) atoms. The minimum atomic E-state index is -3.57. The third kappa shape index (κ3) is 4.32. The number of amides is 1. The Morgan fingerprint density at radius 1 is 1.18 bits per heavy atom. The van der Waals surface area contributed by atoms with Crippen LogP contribution in [-0.4, -0.2) is 44.9 Å². The highest BCUT2D eigenvalue weighted by molar-refractivity contribution is 7.89. The van der Waals surface area contributed by atoms with Crippen molar-refractivity contribution in [3.05, 3.63) is 59.7 Å². The molecular weight excluding hydrogens is 378 g/mol. The Hall–Kier alpha value is -2.89. The Labute approximate surface area is 164 Å². The summed E-state index contributed by atoms with van der Waals surface area (Å²) in [4.78, 5) is 12.6. The van der Waals surface area contributed by atoms with E-state index in [2.05, 4.69) is 5.32 Å². The molecule has 0 aliphatic carbocycles. The number of rotatable bonds is 5. The van der Waals surface area contributed by atoms with E-state index < -0.39 is 10.0 Å². The van der Waals surface area contributed by atoms with Gasteiger partial charge in [-0.05, 0) is 55.3 Å². The van der Waals surface area contributed by atoms with Crippen LogP contribution in [0.25, 0.3) is 0 Å². The number of methoxy groups -OCH3 is 1. The Kier molecular flexibility index (Phi) is 5.97. The summed E-state index contributed by atoms with van der Waals surface area (Å²) in [5, 5.41) is 11.9. The monoisotopic (exact) mass is 399 g/mol. The average Bonchev–Trinajstić information content (AvgIpc) is 2.74. The van der Waals surface area contributed by atoms with Crippen molar-refractivity contribution < 1.29 is 17.9 Å². The molecule has 3 rings (SSSR count). The highest BCUT2D eigenvalue weighted by Gasteiger charge is 2.30. The molecule has 0 radical (unpaired) electrons. The number of piperidine rings is 1. The van der Waals surface area contributed by atoms with E-state index in [1.807, 2.05) is 6.07 Å². The lowest BCUT2D eigenvalue weighted by Crippen LogP contribution is -2.46. The predicted octanol–water partition coefficient (Wildman–Crippen LogP) is 2.15. The molecule has 1 saturated heterocycles. The second kappa shape index (κ2) is 8.42. The smallest absolute Gasteiger partial charge is 0.251 e. The molecule has 1 aliphatic rings. The number of sulfonamides is 1. The maximum absolute atomic E-state index is 12.8. The fourth-order valence-corrected chi connectivity index (χ4v) is 4.61. The van der Waals surface area contributed by atoms with Crippen molar-refractivity contribution in [2.24, 2.45) is 0 Å². The lowest BCUT2D eigenvalue weighted by atomic mass is 10.1. The molecule has 0 bridgehead atoms. The van der Waals surface area contributed by atoms with E-state index in [9.17, 15) is 13.2 Å². The van der Waals surface area contributed by atoms with Crippen molar-refractivity contribution in [3.8, 4) is 11.8 Å². The first kappa shape index (κ1) is 19.9. The summed E-state index contributed by atoms with van der Waals surface area (Å²) in [7, 11) is -2.04. The Morgan fingerprint density at radius 3 is 2.46 bits per heavy atom. The molecule has 1 heterocycles. The predicted molar refractivity (Wildman–Crippen MR) is 103 cm³/mol. The van der Waals surface area contributed by atoms with Gasteiger partial charge in [0.1, 0.15) is 5.75 Å². The summed E-state index contributed by atoms with van der Waals surface area (Å²) in [6.45, 7) is 0.662. The number of hydrogen-bond acceptors (Lipinski definition) is 5. The summed E-state index contributed by atoms with van der Waals surface area (Å²) in [6.07, 6.45) is 1.05. The minimum absolute atomic E-state index is 0.111. The van der Waals surface area contributed by atoms with Gasteiger partial charge in [0.25, 0.3) is 5.91 Å². The molecule has 1 fully saturated rings. The molecule has 1 aliphatic heterocycles. The zero-order valence-electron chi connectivity index (χ0n) is 15.5. The SMILES string of the molecule is COc1ccc(S(=O)(=O)N2CCC(NC(=O)c3cccc(C#N)c3)CC2)cc1. The Morgan fingerprint density at radius 2 is 1.86 bits per heavy atom. The molecule has 0 aromatic heterocycles. The average molecular weight is 399 g/mol. The Balaban J connectivity index is 1.60. The first-order valence-corrected chi connectivity index (χ1v) is 10.3. The van der Waals surface area contributed by atoms with Crippen LogP contribution in [0.5, 0.6) is 5.75 Å². The second-order valence-corrected chi connectivity index (χ2v) is 8.46. The van der Waals surface area contributed by atoms with Crippen LogP contribution in [0.1, 0.15) is 28.8 Å². The van der Waals surface area contributed by atoms with Gasteiger partial charge >= 0.3 is 0 Å². The molecule has 0 unspecified atom stereocenters. The highest BCUT2D eigenvalue weighted by atomic mass is 32.2. The van der Waals surface area contributed by atoms with Crippen molar-refractivity contribution in [1.29, 1.82) is 5.26 Å². The fraction of sp³-hybridized carbons (Fsp3) is 0.300. The van der Waals surface area contributed by atoms with Crippen molar-refractivity contribution in [2.75, 3.05) is 20.2 Å². The van der Waals surface area contributed by atoms with Crippen LogP contribution in [0.2, 0.25) is 0 Å². The number of ether oxygens (including phenoxy) is 1. The first-order chi connectivity index (χ1) is 13.4. The van der Waals surface area contributed by atoms with Crippen LogP contribution < -0.4 is 10.1 Å². The zero-order valence-corrected chi connectivity index (χ0v) is 16.3. The molecule has 0 atom stereocenters. The molecular formula is C20H21N3O4S. The van der Waals surface area contributed by atoms with Crippen LogP contribution in [0.4, 0.5) is 0 Å². The second-order valence-electron chi connectivity index (χ2n) is 6.52. The maximum Gasteiger partial charge on any atom is 0.251 e. The zero-order chi connectivity index (χ0) is 20.1. The topological polar surface area (TPSA) is 99.5 Å². The van der Waals surface area contributed by atoms with E-state index in [4.69, 9.17) is 10.00 Å². The van der Waals surface area contributed by atoms with Crippen LogP contribution in [-0.2, 0) is 10.0 Å². The van der Waals surface area contributed by atoms with Gasteiger partial charge in [0.2, 0.25) is 10.0 Å². The van der Waals surface area contributed by atoms with Crippen LogP contribution >= 0.6 is 0 Å². The van der Waals surface area contributed by atoms with Crippen molar-refractivity contribution in [3.63, 3.8) is 0 Å². The van der Waals surface area contributed by atoms with Gasteiger partial charge in [-0.15, -0.1) is 0 Å². The number of nitrogens with zero attached hydrogens (tertiary/aromatic N) is 2. The van der Waals surface area contributed by atoms with E-state index in [1.165, 1.54) is 23.5 Å². The summed E-state index contributed by atoms with van der Waals surface area (Å²) >= 11 is 0. The standard InChI is InChI=1S/C20H21N3O4S/c1-27-18-5-7-19(8-6-18)28(25,26)23-11-9-17(10-12-23)22-20(24)16-4-2-3-15(13-16)14-21/h2-8,13,17H,9-12H2,1H3,(H,22,24). The van der Waals surface area contributed by atoms with Crippen LogP contribution in [0, 0.1) is 11.3 Å². The van der Waals surface area contributed by atoms with Gasteiger partial charge in [-0.1, -0.05) is 6.07 Å². The number of carbonyl (C=O) groups is 1. The number of nitriles is 1. The van der Waals surface area contributed by atoms with Crippen molar-refractivity contribution in [1.82, 2.24) is 9.62 Å². The van der Waals surface area contributed by atoms with Gasteiger partial charge in [-0.3, -0.25) is 4.79 Å².